The van der Waals surface area contributed by atoms with Gasteiger partial charge >= 0.3 is 11.9 Å². The first-order chi connectivity index (χ1) is 43.1. The van der Waals surface area contributed by atoms with Crippen LogP contribution in [0.1, 0.15) is 92.0 Å². The number of benzene rings is 8. The summed E-state index contributed by atoms with van der Waals surface area (Å²) in [5, 5.41) is 5.06. The van der Waals surface area contributed by atoms with Crippen LogP contribution in [-0.4, -0.2) is 86.8 Å². The fraction of sp³-hybridized carbons (Fsp3) is 0.315. The molecule has 0 saturated carbocycles. The Hall–Kier alpha value is -6.35. The van der Waals surface area contributed by atoms with E-state index in [1.165, 1.54) is 0 Å². The van der Waals surface area contributed by atoms with E-state index < -0.39 is 12.6 Å². The lowest BCUT2D eigenvalue weighted by molar-refractivity contribution is -0.146. The second-order valence-corrected chi connectivity index (χ2v) is 27.1. The Morgan fingerprint density at radius 3 is 1.43 bits per heavy atom. The fourth-order valence-corrected chi connectivity index (χ4v) is 17.1. The molecule has 3 atom stereocenters. The van der Waals surface area contributed by atoms with E-state index in [-0.39, 0.29) is 51.6 Å². The number of carbonyl (C=O) groups is 2. The molecule has 0 radical (unpaired) electrons. The smallest absolute Gasteiger partial charge is 0.305 e. The Bertz CT molecular complexity index is 3520. The highest BCUT2D eigenvalue weighted by Gasteiger charge is 2.58. The summed E-state index contributed by atoms with van der Waals surface area (Å²) >= 11 is 17.8. The zero-order valence-corrected chi connectivity index (χ0v) is 54.1. The molecule has 2 aliphatic rings. The number of anilines is 3. The van der Waals surface area contributed by atoms with E-state index >= 15 is 4.57 Å². The molecule has 0 amide bonds. The second kappa shape index (κ2) is 31.9. The van der Waals surface area contributed by atoms with Gasteiger partial charge in [0.15, 0.2) is 7.14 Å². The molecule has 0 bridgehead atoms. The average Bonchev–Trinajstić information content (AvgIpc) is 1.49. The van der Waals surface area contributed by atoms with Crippen LogP contribution in [0.15, 0.2) is 194 Å². The molecule has 0 aromatic heterocycles. The maximum Gasteiger partial charge on any atom is 0.305 e. The number of para-hydroxylation sites is 2. The van der Waals surface area contributed by atoms with Gasteiger partial charge in [-0.25, -0.2) is 0 Å². The molecule has 10 nitrogen and oxygen atoms in total. The van der Waals surface area contributed by atoms with E-state index in [0.717, 1.165) is 140 Å². The summed E-state index contributed by atoms with van der Waals surface area (Å²) in [6.07, 6.45) is 7.92. The summed E-state index contributed by atoms with van der Waals surface area (Å²) in [7, 11) is -3.61. The minimum atomic E-state index is -3.61. The number of thiol groups is 4. The Morgan fingerprint density at radius 2 is 0.932 bits per heavy atom. The minimum Gasteiger partial charge on any atom is -0.491 e. The number of ether oxygens (including phenoxy) is 6. The van der Waals surface area contributed by atoms with Gasteiger partial charge in [0.25, 0.3) is 0 Å². The molecule has 88 heavy (non-hydrogen) atoms. The van der Waals surface area contributed by atoms with E-state index in [1.807, 2.05) is 72.8 Å². The zero-order valence-electron chi connectivity index (χ0n) is 49.6. The van der Waals surface area contributed by atoms with Crippen LogP contribution in [0.3, 0.4) is 0 Å². The first-order valence-corrected chi connectivity index (χ1v) is 34.6. The minimum absolute atomic E-state index is 0.174. The first-order valence-electron chi connectivity index (χ1n) is 30.6. The number of unbranched alkanes of at least 4 members (excludes halogenated alkanes) is 2. The molecule has 10 rings (SSSR count). The summed E-state index contributed by atoms with van der Waals surface area (Å²) in [5.74, 6) is 2.47. The van der Waals surface area contributed by atoms with Gasteiger partial charge in [-0.3, -0.25) is 9.59 Å². The molecule has 1 aliphatic carbocycles. The molecule has 0 fully saturated rings. The topological polar surface area (TPSA) is 110 Å². The van der Waals surface area contributed by atoms with Crippen LogP contribution < -0.4 is 25.0 Å². The first kappa shape index (κ1) is 64.6. The van der Waals surface area contributed by atoms with Crippen LogP contribution in [0.5, 0.6) is 11.5 Å². The Balaban J connectivity index is 0.972. The molecular formula is C73H78NO9PS4. The van der Waals surface area contributed by atoms with E-state index in [9.17, 15) is 9.59 Å². The molecule has 0 N–H and O–H groups in total. The third-order valence-electron chi connectivity index (χ3n) is 16.3. The average molecular weight is 1270 g/mol. The third kappa shape index (κ3) is 15.3. The highest BCUT2D eigenvalue weighted by molar-refractivity contribution is 7.88. The van der Waals surface area contributed by atoms with Crippen molar-refractivity contribution in [1.29, 1.82) is 0 Å². The number of esters is 2. The number of hydrogen-bond donors (Lipinski definition) is 4. The van der Waals surface area contributed by atoms with Gasteiger partial charge in [-0.15, -0.1) is 0 Å². The van der Waals surface area contributed by atoms with Gasteiger partial charge in [0.05, 0.1) is 31.8 Å². The van der Waals surface area contributed by atoms with E-state index in [0.29, 0.717) is 48.1 Å². The van der Waals surface area contributed by atoms with Crippen molar-refractivity contribution in [3.8, 4) is 11.5 Å². The molecule has 15 heteroatoms. The zero-order chi connectivity index (χ0) is 61.1. The summed E-state index contributed by atoms with van der Waals surface area (Å²) in [5.41, 5.74) is 7.57. The molecular weight excluding hydrogens is 1190 g/mol. The maximum atomic E-state index is 17.3. The molecule has 3 unspecified atom stereocenters. The maximum absolute atomic E-state index is 17.3. The van der Waals surface area contributed by atoms with Crippen LogP contribution in [0.4, 0.5) is 17.1 Å². The summed E-state index contributed by atoms with van der Waals surface area (Å²) in [6.45, 7) is 2.03. The second-order valence-electron chi connectivity index (χ2n) is 22.1. The molecule has 8 aromatic rings. The van der Waals surface area contributed by atoms with Crippen molar-refractivity contribution in [3.05, 3.63) is 222 Å². The largest absolute Gasteiger partial charge is 0.491 e. The van der Waals surface area contributed by atoms with Crippen molar-refractivity contribution < 1.29 is 42.6 Å². The standard InChI is InChI=1S/C73H78NO9PS4/c75-69(26-14-12-24-63(87)38-48-85)82-46-42-78-40-44-80-60-33-28-55(29-34-60)73(56-30-35-61(36-31-56)81-45-41-79-43-47-83-70(76)27-15-13-25-64(88)39-49-86)67-52-59(74(57-18-4-1-5-19-57)58-20-6-2-7-21-58)32-37-65(67)72-71(73)66-50-53-16-10-11-17-54(53)51-68(66)84(72,77)62-22-8-3-9-23-62/h1-11,16-23,28-37,50-52,63-64,85-88H,12-15,24-27,38-49H2. The van der Waals surface area contributed by atoms with Crippen molar-refractivity contribution in [1.82, 2.24) is 0 Å². The van der Waals surface area contributed by atoms with Crippen molar-refractivity contribution in [2.24, 2.45) is 0 Å². The lowest BCUT2D eigenvalue weighted by atomic mass is 9.65. The van der Waals surface area contributed by atoms with Gasteiger partial charge in [-0.2, -0.15) is 50.5 Å². The van der Waals surface area contributed by atoms with Gasteiger partial charge in [0.1, 0.15) is 37.9 Å². The fourth-order valence-electron chi connectivity index (χ4n) is 12.1. The number of rotatable bonds is 34. The van der Waals surface area contributed by atoms with E-state index in [1.54, 1.807) is 0 Å². The summed E-state index contributed by atoms with van der Waals surface area (Å²) < 4.78 is 52.6. The van der Waals surface area contributed by atoms with Crippen LogP contribution in [0, 0.1) is 0 Å². The van der Waals surface area contributed by atoms with Gasteiger partial charge in [0, 0.05) is 56.3 Å². The van der Waals surface area contributed by atoms with Crippen molar-refractivity contribution >= 4 is 119 Å². The number of nitrogens with zero attached hydrogens (tertiary/aromatic N) is 1. The summed E-state index contributed by atoms with van der Waals surface area (Å²) in [6, 6.07) is 66.7. The van der Waals surface area contributed by atoms with Crippen LogP contribution in [-0.2, 0) is 38.5 Å². The van der Waals surface area contributed by atoms with Gasteiger partial charge < -0.3 is 37.9 Å². The van der Waals surface area contributed by atoms with E-state index in [2.05, 4.69) is 177 Å². The number of allylic oxidation sites excluding steroid dienone is 1. The molecule has 8 aromatic carbocycles. The molecule has 1 heterocycles. The lowest BCUT2D eigenvalue weighted by Gasteiger charge is -2.37. The third-order valence-corrected chi connectivity index (χ3v) is 21.0. The Labute approximate surface area is 540 Å². The van der Waals surface area contributed by atoms with Gasteiger partial charge in [-0.1, -0.05) is 134 Å². The van der Waals surface area contributed by atoms with Crippen molar-refractivity contribution in [2.45, 2.75) is 80.1 Å². The SMILES string of the molecule is O=C(CCCCC(S)CCS)OCCOCCOc1ccc(C2(c3ccc(OCCOCCOC(=O)CCCCC(S)CCS)cc3)C3=C(c4ccc(N(c5ccccc5)c5ccccc5)cc42)P(=O)(c2ccccc2)c2cc4ccccc4cc23)cc1. The Kier molecular flexibility index (Phi) is 23.4. The molecule has 0 saturated heterocycles. The normalized spacial score (nSPS) is 16.4. The predicted octanol–water partition coefficient (Wildman–Crippen LogP) is 16.1. The quantitative estimate of drug-likeness (QED) is 0.0135. The summed E-state index contributed by atoms with van der Waals surface area (Å²) in [4.78, 5) is 27.1. The molecule has 458 valence electrons. The van der Waals surface area contributed by atoms with Crippen molar-refractivity contribution in [3.63, 3.8) is 0 Å². The number of hydrogen-bond acceptors (Lipinski definition) is 14. The highest BCUT2D eigenvalue weighted by atomic mass is 32.1. The lowest BCUT2D eigenvalue weighted by Crippen LogP contribution is -2.30. The predicted molar refractivity (Wildman–Crippen MR) is 372 cm³/mol. The van der Waals surface area contributed by atoms with Crippen LogP contribution in [0.2, 0.25) is 0 Å². The Morgan fingerprint density at radius 1 is 0.466 bits per heavy atom. The monoisotopic (exact) mass is 1270 g/mol. The van der Waals surface area contributed by atoms with E-state index in [4.69, 9.17) is 28.4 Å². The van der Waals surface area contributed by atoms with Gasteiger partial charge in [-0.05, 0) is 167 Å². The highest BCUT2D eigenvalue weighted by Crippen LogP contribution is 2.74. The van der Waals surface area contributed by atoms with Crippen LogP contribution >= 0.6 is 57.7 Å². The van der Waals surface area contributed by atoms with Gasteiger partial charge in [0.2, 0.25) is 0 Å². The van der Waals surface area contributed by atoms with Crippen LogP contribution in [0.25, 0.3) is 21.7 Å². The molecule has 0 spiro atoms. The molecule has 1 aliphatic heterocycles. The number of carbonyl (C=O) groups excluding carboxylic acids is 2. The number of fused-ring (bicyclic) bond motifs is 5. The van der Waals surface area contributed by atoms with Crippen molar-refractivity contribution in [2.75, 3.05) is 69.3 Å².